The van der Waals surface area contributed by atoms with E-state index in [0.29, 0.717) is 35.4 Å². The van der Waals surface area contributed by atoms with Gasteiger partial charge in [0.1, 0.15) is 22.8 Å². The molecule has 4 nitrogen and oxygen atoms in total. The van der Waals surface area contributed by atoms with Crippen LogP contribution in [0.1, 0.15) is 18.7 Å². The second-order valence-electron chi connectivity index (χ2n) is 4.72. The molecule has 100 valence electrons. The molecular formula is C13H13FN2O2S. The van der Waals surface area contributed by atoms with Crippen molar-refractivity contribution in [1.82, 2.24) is 9.97 Å². The van der Waals surface area contributed by atoms with Crippen LogP contribution < -0.4 is 10.3 Å². The maximum atomic E-state index is 13.9. The number of nitrogens with zero attached hydrogens (tertiary/aromatic N) is 1. The first-order chi connectivity index (χ1) is 9.17. The number of halogens is 1. The molecule has 0 bridgehead atoms. The third-order valence-electron chi connectivity index (χ3n) is 3.12. The predicted octanol–water partition coefficient (Wildman–Crippen LogP) is 2.28. The van der Waals surface area contributed by atoms with Crippen LogP contribution in [0.3, 0.4) is 0 Å². The molecule has 1 saturated carbocycles. The van der Waals surface area contributed by atoms with Gasteiger partial charge in [-0.25, -0.2) is 9.37 Å². The van der Waals surface area contributed by atoms with E-state index in [1.807, 2.05) is 0 Å². The highest BCUT2D eigenvalue weighted by molar-refractivity contribution is 7.79. The Hall–Kier alpha value is -1.56. The van der Waals surface area contributed by atoms with E-state index in [1.165, 1.54) is 6.07 Å². The van der Waals surface area contributed by atoms with Crippen LogP contribution in [0.25, 0.3) is 10.9 Å². The maximum absolute atomic E-state index is 13.9. The molecule has 1 aliphatic carbocycles. The topological polar surface area (TPSA) is 55.0 Å². The summed E-state index contributed by atoms with van der Waals surface area (Å²) >= 11 is 4.05. The Balaban J connectivity index is 2.04. The Morgan fingerprint density at radius 3 is 2.95 bits per heavy atom. The van der Waals surface area contributed by atoms with Crippen molar-refractivity contribution in [1.29, 1.82) is 0 Å². The van der Waals surface area contributed by atoms with E-state index < -0.39 is 11.4 Å². The van der Waals surface area contributed by atoms with Crippen LogP contribution in [0.5, 0.6) is 5.75 Å². The number of fused-ring (bicyclic) bond motifs is 1. The molecule has 1 fully saturated rings. The summed E-state index contributed by atoms with van der Waals surface area (Å²) in [6.07, 6.45) is 2.33. The van der Waals surface area contributed by atoms with Crippen molar-refractivity contribution >= 4 is 23.5 Å². The molecule has 0 aliphatic heterocycles. The van der Waals surface area contributed by atoms with Crippen molar-refractivity contribution in [3.63, 3.8) is 0 Å². The average molecular weight is 280 g/mol. The minimum Gasteiger partial charge on any atom is -0.493 e. The molecule has 1 N–H and O–H groups in total. The van der Waals surface area contributed by atoms with Crippen molar-refractivity contribution in [3.05, 3.63) is 34.1 Å². The van der Waals surface area contributed by atoms with E-state index in [2.05, 4.69) is 22.6 Å². The highest BCUT2D eigenvalue weighted by Crippen LogP contribution is 2.30. The molecule has 1 aromatic carbocycles. The number of ether oxygens (including phenoxy) is 1. The summed E-state index contributed by atoms with van der Waals surface area (Å²) in [6, 6.07) is 2.84. The first-order valence-corrected chi connectivity index (χ1v) is 6.76. The van der Waals surface area contributed by atoms with Crippen LogP contribution in [-0.4, -0.2) is 16.6 Å². The lowest BCUT2D eigenvalue weighted by molar-refractivity contribution is 0.299. The van der Waals surface area contributed by atoms with Crippen LogP contribution in [0.2, 0.25) is 0 Å². The van der Waals surface area contributed by atoms with Gasteiger partial charge in [-0.05, 0) is 18.8 Å². The summed E-state index contributed by atoms with van der Waals surface area (Å²) in [5, 5.41) is -0.0377. The fourth-order valence-electron chi connectivity index (χ4n) is 1.90. The van der Waals surface area contributed by atoms with Crippen molar-refractivity contribution in [3.8, 4) is 5.75 Å². The summed E-state index contributed by atoms with van der Waals surface area (Å²) in [7, 11) is 0. The van der Waals surface area contributed by atoms with E-state index in [1.54, 1.807) is 6.07 Å². The summed E-state index contributed by atoms with van der Waals surface area (Å²) in [4.78, 5) is 18.4. The molecule has 1 aliphatic rings. The number of benzene rings is 1. The molecule has 0 radical (unpaired) electrons. The number of hydrogen-bond acceptors (Lipinski definition) is 4. The molecule has 0 saturated heterocycles. The Morgan fingerprint density at radius 1 is 1.47 bits per heavy atom. The van der Waals surface area contributed by atoms with Crippen molar-refractivity contribution in [2.75, 3.05) is 6.61 Å². The van der Waals surface area contributed by atoms with Gasteiger partial charge >= 0.3 is 0 Å². The third kappa shape index (κ3) is 2.58. The van der Waals surface area contributed by atoms with Crippen LogP contribution in [-0.2, 0) is 5.75 Å². The largest absolute Gasteiger partial charge is 0.493 e. The minimum atomic E-state index is -0.609. The zero-order valence-corrected chi connectivity index (χ0v) is 11.0. The smallest absolute Gasteiger partial charge is 0.261 e. The summed E-state index contributed by atoms with van der Waals surface area (Å²) in [6.45, 7) is 0.591. The van der Waals surface area contributed by atoms with E-state index in [0.717, 1.165) is 12.8 Å². The van der Waals surface area contributed by atoms with Crippen molar-refractivity contribution in [2.45, 2.75) is 18.6 Å². The number of H-pyrrole nitrogens is 1. The Labute approximate surface area is 114 Å². The zero-order valence-electron chi connectivity index (χ0n) is 10.1. The number of thiol groups is 1. The fraction of sp³-hybridized carbons (Fsp3) is 0.385. The van der Waals surface area contributed by atoms with E-state index >= 15 is 0 Å². The normalized spacial score (nSPS) is 14.8. The van der Waals surface area contributed by atoms with Crippen molar-refractivity contribution in [2.24, 2.45) is 5.92 Å². The first-order valence-electron chi connectivity index (χ1n) is 6.13. The SMILES string of the molecule is O=c1[nH]c(CS)nc2cc(OCC3CC3)cc(F)c12. The first kappa shape index (κ1) is 12.5. The monoisotopic (exact) mass is 280 g/mol. The van der Waals surface area contributed by atoms with Gasteiger partial charge in [0.25, 0.3) is 5.56 Å². The summed E-state index contributed by atoms with van der Waals surface area (Å²) in [5.74, 6) is 1.10. The molecule has 0 amide bonds. The number of aromatic nitrogens is 2. The van der Waals surface area contributed by atoms with E-state index in [4.69, 9.17) is 4.74 Å². The fourth-order valence-corrected chi connectivity index (χ4v) is 2.05. The average Bonchev–Trinajstić information content (AvgIpc) is 3.19. The van der Waals surface area contributed by atoms with Gasteiger partial charge in [-0.15, -0.1) is 0 Å². The van der Waals surface area contributed by atoms with Crippen molar-refractivity contribution < 1.29 is 9.13 Å². The predicted molar refractivity (Wildman–Crippen MR) is 73.2 cm³/mol. The third-order valence-corrected chi connectivity index (χ3v) is 3.42. The molecule has 19 heavy (non-hydrogen) atoms. The molecule has 1 aromatic heterocycles. The Morgan fingerprint density at radius 2 is 2.26 bits per heavy atom. The minimum absolute atomic E-state index is 0.0377. The Bertz CT molecular complexity index is 682. The lowest BCUT2D eigenvalue weighted by atomic mass is 10.2. The summed E-state index contributed by atoms with van der Waals surface area (Å²) in [5.41, 5.74) is -0.182. The van der Waals surface area contributed by atoms with Gasteiger partial charge in [0, 0.05) is 17.9 Å². The van der Waals surface area contributed by atoms with Gasteiger partial charge in [-0.3, -0.25) is 4.79 Å². The molecule has 6 heteroatoms. The molecule has 3 rings (SSSR count). The lowest BCUT2D eigenvalue weighted by Crippen LogP contribution is -2.13. The lowest BCUT2D eigenvalue weighted by Gasteiger charge is -2.07. The second kappa shape index (κ2) is 4.85. The van der Waals surface area contributed by atoms with Crippen LogP contribution in [0.15, 0.2) is 16.9 Å². The molecule has 0 spiro atoms. The van der Waals surface area contributed by atoms with E-state index in [-0.39, 0.29) is 5.39 Å². The van der Waals surface area contributed by atoms with Gasteiger partial charge < -0.3 is 9.72 Å². The molecule has 0 atom stereocenters. The van der Waals surface area contributed by atoms with Gasteiger partial charge in [-0.1, -0.05) is 0 Å². The molecular weight excluding hydrogens is 267 g/mol. The molecule has 0 unspecified atom stereocenters. The van der Waals surface area contributed by atoms with Crippen LogP contribution in [0, 0.1) is 11.7 Å². The Kier molecular flexibility index (Phi) is 3.18. The van der Waals surface area contributed by atoms with Gasteiger partial charge in [0.2, 0.25) is 0 Å². The zero-order chi connectivity index (χ0) is 13.4. The molecule has 1 heterocycles. The number of aromatic amines is 1. The number of rotatable bonds is 4. The van der Waals surface area contributed by atoms with E-state index in [9.17, 15) is 9.18 Å². The second-order valence-corrected chi connectivity index (χ2v) is 5.04. The van der Waals surface area contributed by atoms with Gasteiger partial charge in [0.15, 0.2) is 0 Å². The maximum Gasteiger partial charge on any atom is 0.261 e. The number of nitrogens with one attached hydrogen (secondary N) is 1. The highest BCUT2D eigenvalue weighted by Gasteiger charge is 2.22. The highest BCUT2D eigenvalue weighted by atomic mass is 32.1. The van der Waals surface area contributed by atoms with Gasteiger partial charge in [-0.2, -0.15) is 12.6 Å². The molecule has 2 aromatic rings. The summed E-state index contributed by atoms with van der Waals surface area (Å²) < 4.78 is 19.4. The van der Waals surface area contributed by atoms with Gasteiger partial charge in [0.05, 0.1) is 12.1 Å². The standard InChI is InChI=1S/C13H13FN2O2S/c14-9-3-8(18-5-7-1-2-7)4-10-12(9)13(17)16-11(6-19)15-10/h3-4,7,19H,1-2,5-6H2,(H,15,16,17). The quantitative estimate of drug-likeness (QED) is 0.845. The number of hydrogen-bond donors (Lipinski definition) is 2. The van der Waals surface area contributed by atoms with Crippen LogP contribution in [0.4, 0.5) is 4.39 Å². The van der Waals surface area contributed by atoms with Crippen LogP contribution >= 0.6 is 12.6 Å².